The SMILES string of the molecule is Cc1oc(C(C)(C)C)nc1CCOc1ccc(C=O)c2ccccc12. The van der Waals surface area contributed by atoms with Gasteiger partial charge in [-0.3, -0.25) is 4.79 Å². The van der Waals surface area contributed by atoms with Crippen LogP contribution in [-0.4, -0.2) is 17.9 Å². The van der Waals surface area contributed by atoms with Crippen molar-refractivity contribution in [3.8, 4) is 5.75 Å². The van der Waals surface area contributed by atoms with E-state index in [1.165, 1.54) is 0 Å². The number of hydrogen-bond donors (Lipinski definition) is 0. The van der Waals surface area contributed by atoms with Gasteiger partial charge in [0.25, 0.3) is 0 Å². The number of aryl methyl sites for hydroxylation is 1. The topological polar surface area (TPSA) is 52.3 Å². The molecule has 0 bridgehead atoms. The molecule has 0 spiro atoms. The molecule has 3 aromatic rings. The molecule has 4 nitrogen and oxygen atoms in total. The number of ether oxygens (including phenoxy) is 1. The minimum atomic E-state index is -0.106. The number of fused-ring (bicyclic) bond motifs is 1. The number of oxazole rings is 1. The summed E-state index contributed by atoms with van der Waals surface area (Å²) in [7, 11) is 0. The Hall–Kier alpha value is -2.62. The van der Waals surface area contributed by atoms with Crippen molar-refractivity contribution in [2.75, 3.05) is 6.61 Å². The number of nitrogens with zero attached hydrogens (tertiary/aromatic N) is 1. The van der Waals surface area contributed by atoms with Crippen LogP contribution in [-0.2, 0) is 11.8 Å². The smallest absolute Gasteiger partial charge is 0.199 e. The lowest BCUT2D eigenvalue weighted by Gasteiger charge is -2.12. The molecule has 0 aliphatic carbocycles. The Bertz CT molecular complexity index is 903. The molecule has 0 amide bonds. The van der Waals surface area contributed by atoms with Crippen molar-refractivity contribution in [2.45, 2.75) is 39.5 Å². The highest BCUT2D eigenvalue weighted by Gasteiger charge is 2.22. The summed E-state index contributed by atoms with van der Waals surface area (Å²) in [4.78, 5) is 15.8. The van der Waals surface area contributed by atoms with E-state index in [1.54, 1.807) is 6.07 Å². The van der Waals surface area contributed by atoms with E-state index < -0.39 is 0 Å². The second-order valence-electron chi connectivity index (χ2n) is 7.19. The number of aromatic nitrogens is 1. The molecule has 25 heavy (non-hydrogen) atoms. The number of rotatable bonds is 5. The van der Waals surface area contributed by atoms with Crippen LogP contribution in [0.15, 0.2) is 40.8 Å². The molecule has 1 heterocycles. The zero-order valence-corrected chi connectivity index (χ0v) is 15.1. The van der Waals surface area contributed by atoms with Crippen molar-refractivity contribution < 1.29 is 13.9 Å². The quantitative estimate of drug-likeness (QED) is 0.623. The lowest BCUT2D eigenvalue weighted by molar-refractivity contribution is 0.112. The summed E-state index contributed by atoms with van der Waals surface area (Å²) in [5.41, 5.74) is 1.49. The van der Waals surface area contributed by atoms with Crippen LogP contribution in [0.4, 0.5) is 0 Å². The summed E-state index contributed by atoms with van der Waals surface area (Å²) in [5, 5.41) is 1.85. The lowest BCUT2D eigenvalue weighted by atomic mass is 9.97. The van der Waals surface area contributed by atoms with Gasteiger partial charge in [0.05, 0.1) is 12.3 Å². The van der Waals surface area contributed by atoms with Gasteiger partial charge in [-0.2, -0.15) is 0 Å². The third kappa shape index (κ3) is 3.58. The Labute approximate surface area is 147 Å². The summed E-state index contributed by atoms with van der Waals surface area (Å²) in [6.07, 6.45) is 1.55. The van der Waals surface area contributed by atoms with Crippen LogP contribution in [0.1, 0.15) is 48.5 Å². The third-order valence-electron chi connectivity index (χ3n) is 4.18. The van der Waals surface area contributed by atoms with E-state index >= 15 is 0 Å². The fraction of sp³-hybridized carbons (Fsp3) is 0.333. The van der Waals surface area contributed by atoms with Crippen LogP contribution in [0.3, 0.4) is 0 Å². The second kappa shape index (κ2) is 6.71. The van der Waals surface area contributed by atoms with E-state index in [9.17, 15) is 4.79 Å². The summed E-state index contributed by atoms with van der Waals surface area (Å²) in [5.74, 6) is 2.37. The standard InChI is InChI=1S/C21H23NO3/c1-14-18(22-20(25-14)21(2,3)4)11-12-24-19-10-9-15(13-23)16-7-5-6-8-17(16)19/h5-10,13H,11-12H2,1-4H3. The van der Waals surface area contributed by atoms with E-state index in [1.807, 2.05) is 37.3 Å². The van der Waals surface area contributed by atoms with Gasteiger partial charge in [-0.15, -0.1) is 0 Å². The molecule has 0 N–H and O–H groups in total. The molecule has 0 atom stereocenters. The summed E-state index contributed by atoms with van der Waals surface area (Å²) >= 11 is 0. The number of carbonyl (C=O) groups is 1. The zero-order valence-electron chi connectivity index (χ0n) is 15.1. The van der Waals surface area contributed by atoms with Gasteiger partial charge in [-0.05, 0) is 24.4 Å². The van der Waals surface area contributed by atoms with E-state index in [-0.39, 0.29) is 5.41 Å². The molecule has 0 radical (unpaired) electrons. The van der Waals surface area contributed by atoms with Gasteiger partial charge in [0.1, 0.15) is 11.5 Å². The maximum atomic E-state index is 11.2. The van der Waals surface area contributed by atoms with Gasteiger partial charge in [-0.1, -0.05) is 45.0 Å². The molecule has 0 fully saturated rings. The van der Waals surface area contributed by atoms with Gasteiger partial charge >= 0.3 is 0 Å². The van der Waals surface area contributed by atoms with E-state index in [2.05, 4.69) is 25.8 Å². The van der Waals surface area contributed by atoms with Crippen molar-refractivity contribution in [1.29, 1.82) is 0 Å². The maximum Gasteiger partial charge on any atom is 0.199 e. The van der Waals surface area contributed by atoms with Crippen molar-refractivity contribution >= 4 is 17.1 Å². The maximum absolute atomic E-state index is 11.2. The second-order valence-corrected chi connectivity index (χ2v) is 7.19. The van der Waals surface area contributed by atoms with E-state index in [0.717, 1.165) is 40.2 Å². The largest absolute Gasteiger partial charge is 0.493 e. The highest BCUT2D eigenvalue weighted by Crippen LogP contribution is 2.28. The van der Waals surface area contributed by atoms with E-state index in [4.69, 9.17) is 9.15 Å². The molecular formula is C21H23NO3. The first kappa shape index (κ1) is 17.2. The van der Waals surface area contributed by atoms with Crippen LogP contribution >= 0.6 is 0 Å². The lowest BCUT2D eigenvalue weighted by Crippen LogP contribution is -2.11. The molecular weight excluding hydrogens is 314 g/mol. The molecule has 4 heteroatoms. The average molecular weight is 337 g/mol. The van der Waals surface area contributed by atoms with Gasteiger partial charge in [-0.25, -0.2) is 4.98 Å². The predicted molar refractivity (Wildman–Crippen MR) is 98.5 cm³/mol. The molecule has 0 saturated heterocycles. The predicted octanol–water partition coefficient (Wildman–Crippen LogP) is 4.87. The fourth-order valence-electron chi connectivity index (χ4n) is 2.76. The van der Waals surface area contributed by atoms with Crippen LogP contribution in [0.2, 0.25) is 0 Å². The number of carbonyl (C=O) groups excluding carboxylic acids is 1. The Morgan fingerprint density at radius 3 is 2.48 bits per heavy atom. The van der Waals surface area contributed by atoms with Gasteiger partial charge < -0.3 is 9.15 Å². The van der Waals surface area contributed by atoms with E-state index in [0.29, 0.717) is 18.6 Å². The first-order valence-electron chi connectivity index (χ1n) is 8.46. The molecule has 2 aromatic carbocycles. The first-order valence-corrected chi connectivity index (χ1v) is 8.46. The van der Waals surface area contributed by atoms with Gasteiger partial charge in [0, 0.05) is 22.8 Å². The zero-order chi connectivity index (χ0) is 18.0. The minimum Gasteiger partial charge on any atom is -0.493 e. The molecule has 0 aliphatic heterocycles. The van der Waals surface area contributed by atoms with Crippen LogP contribution < -0.4 is 4.74 Å². The third-order valence-corrected chi connectivity index (χ3v) is 4.18. The van der Waals surface area contributed by atoms with Gasteiger partial charge in [0.2, 0.25) is 0 Å². The minimum absolute atomic E-state index is 0.106. The Balaban J connectivity index is 1.76. The Kier molecular flexibility index (Phi) is 4.62. The van der Waals surface area contributed by atoms with Crippen molar-refractivity contribution in [2.24, 2.45) is 0 Å². The monoisotopic (exact) mass is 337 g/mol. The van der Waals surface area contributed by atoms with Crippen LogP contribution in [0.25, 0.3) is 10.8 Å². The molecule has 3 rings (SSSR count). The molecule has 0 aliphatic rings. The van der Waals surface area contributed by atoms with Gasteiger partial charge in [0.15, 0.2) is 12.2 Å². The Morgan fingerprint density at radius 2 is 1.84 bits per heavy atom. The number of benzene rings is 2. The van der Waals surface area contributed by atoms with Crippen LogP contribution in [0.5, 0.6) is 5.75 Å². The number of aldehydes is 1. The Morgan fingerprint density at radius 1 is 1.12 bits per heavy atom. The fourth-order valence-corrected chi connectivity index (χ4v) is 2.76. The van der Waals surface area contributed by atoms with Crippen LogP contribution in [0, 0.1) is 6.92 Å². The average Bonchev–Trinajstić information content (AvgIpc) is 2.96. The summed E-state index contributed by atoms with van der Waals surface area (Å²) in [6, 6.07) is 11.4. The highest BCUT2D eigenvalue weighted by atomic mass is 16.5. The molecule has 0 saturated carbocycles. The molecule has 1 aromatic heterocycles. The normalized spacial score (nSPS) is 11.7. The highest BCUT2D eigenvalue weighted by molar-refractivity contribution is 6.00. The first-order chi connectivity index (χ1) is 11.9. The van der Waals surface area contributed by atoms with Crippen molar-refractivity contribution in [1.82, 2.24) is 4.98 Å². The van der Waals surface area contributed by atoms with Crippen molar-refractivity contribution in [3.63, 3.8) is 0 Å². The summed E-state index contributed by atoms with van der Waals surface area (Å²) < 4.78 is 11.8. The van der Waals surface area contributed by atoms with Crippen molar-refractivity contribution in [3.05, 3.63) is 59.3 Å². The number of hydrogen-bond acceptors (Lipinski definition) is 4. The summed E-state index contributed by atoms with van der Waals surface area (Å²) in [6.45, 7) is 8.69. The molecule has 130 valence electrons. The molecule has 0 unspecified atom stereocenters.